The van der Waals surface area contributed by atoms with Gasteiger partial charge in [-0.25, -0.2) is 4.39 Å². The van der Waals surface area contributed by atoms with Crippen molar-refractivity contribution in [2.45, 2.75) is 50.7 Å². The fraction of sp³-hybridized carbons (Fsp3) is 0.650. The Bertz CT molecular complexity index is 590. The number of halogens is 1. The van der Waals surface area contributed by atoms with Gasteiger partial charge in [-0.15, -0.1) is 0 Å². The summed E-state index contributed by atoms with van der Waals surface area (Å²) in [5.41, 5.74) is 0.795. The quantitative estimate of drug-likeness (QED) is 0.402. The van der Waals surface area contributed by atoms with E-state index >= 15 is 0 Å². The SMILES string of the molecule is CCNC(=NCCCOCC1CCCO1)NC1CC1c1ccccc1F. The molecule has 1 aliphatic carbocycles. The molecule has 1 aromatic carbocycles. The Labute approximate surface area is 155 Å². The highest BCUT2D eigenvalue weighted by Gasteiger charge is 2.40. The maximum absolute atomic E-state index is 13.9. The number of ether oxygens (including phenoxy) is 2. The average molecular weight is 363 g/mol. The van der Waals surface area contributed by atoms with E-state index in [0.717, 1.165) is 50.4 Å². The summed E-state index contributed by atoms with van der Waals surface area (Å²) in [7, 11) is 0. The second kappa shape index (κ2) is 9.88. The van der Waals surface area contributed by atoms with Crippen molar-refractivity contribution in [2.24, 2.45) is 4.99 Å². The summed E-state index contributed by atoms with van der Waals surface area (Å²) in [6.07, 6.45) is 4.35. The van der Waals surface area contributed by atoms with E-state index < -0.39 is 0 Å². The molecule has 3 rings (SSSR count). The van der Waals surface area contributed by atoms with Crippen molar-refractivity contribution in [1.82, 2.24) is 10.6 Å². The van der Waals surface area contributed by atoms with Gasteiger partial charge >= 0.3 is 0 Å². The smallest absolute Gasteiger partial charge is 0.191 e. The van der Waals surface area contributed by atoms with Crippen LogP contribution in [0.4, 0.5) is 4.39 Å². The molecular formula is C20H30FN3O2. The molecule has 0 amide bonds. The fourth-order valence-electron chi connectivity index (χ4n) is 3.32. The molecule has 0 spiro atoms. The molecule has 2 N–H and O–H groups in total. The summed E-state index contributed by atoms with van der Waals surface area (Å²) in [6, 6.07) is 7.28. The Hall–Kier alpha value is -1.66. The number of nitrogens with one attached hydrogen (secondary N) is 2. The van der Waals surface area contributed by atoms with Crippen LogP contribution in [0.25, 0.3) is 0 Å². The van der Waals surface area contributed by atoms with E-state index in [4.69, 9.17) is 9.47 Å². The van der Waals surface area contributed by atoms with E-state index in [1.807, 2.05) is 19.1 Å². The van der Waals surface area contributed by atoms with Crippen LogP contribution in [0.3, 0.4) is 0 Å². The van der Waals surface area contributed by atoms with E-state index in [2.05, 4.69) is 15.6 Å². The molecule has 0 bridgehead atoms. The Morgan fingerprint density at radius 2 is 2.27 bits per heavy atom. The minimum atomic E-state index is -0.118. The normalized spacial score (nSPS) is 25.3. The van der Waals surface area contributed by atoms with Gasteiger partial charge < -0.3 is 20.1 Å². The molecule has 2 fully saturated rings. The topological polar surface area (TPSA) is 54.9 Å². The van der Waals surface area contributed by atoms with Crippen molar-refractivity contribution < 1.29 is 13.9 Å². The lowest BCUT2D eigenvalue weighted by Crippen LogP contribution is -2.39. The van der Waals surface area contributed by atoms with Crippen LogP contribution in [0, 0.1) is 5.82 Å². The molecule has 26 heavy (non-hydrogen) atoms. The standard InChI is InChI=1S/C20H30FN3O2/c1-2-22-20(23-10-6-11-25-14-15-7-5-12-26-15)24-19-13-17(19)16-8-3-4-9-18(16)21/h3-4,8-9,15,17,19H,2,5-7,10-14H2,1H3,(H2,22,23,24). The Morgan fingerprint density at radius 3 is 3.04 bits per heavy atom. The molecule has 1 saturated carbocycles. The largest absolute Gasteiger partial charge is 0.379 e. The van der Waals surface area contributed by atoms with Gasteiger partial charge in [0.25, 0.3) is 0 Å². The first-order valence-electron chi connectivity index (χ1n) is 9.76. The molecule has 5 nitrogen and oxygen atoms in total. The van der Waals surface area contributed by atoms with Crippen LogP contribution < -0.4 is 10.6 Å². The summed E-state index contributed by atoms with van der Waals surface area (Å²) in [4.78, 5) is 4.60. The maximum Gasteiger partial charge on any atom is 0.191 e. The highest BCUT2D eigenvalue weighted by atomic mass is 19.1. The first-order valence-corrected chi connectivity index (χ1v) is 9.76. The highest BCUT2D eigenvalue weighted by Crippen LogP contribution is 2.41. The zero-order valence-electron chi connectivity index (χ0n) is 15.5. The molecule has 2 aliphatic rings. The third-order valence-corrected chi connectivity index (χ3v) is 4.81. The monoisotopic (exact) mass is 363 g/mol. The van der Waals surface area contributed by atoms with Crippen molar-refractivity contribution >= 4 is 5.96 Å². The van der Waals surface area contributed by atoms with Crippen molar-refractivity contribution in [3.63, 3.8) is 0 Å². The van der Waals surface area contributed by atoms with E-state index in [9.17, 15) is 4.39 Å². The van der Waals surface area contributed by atoms with Gasteiger partial charge in [0.05, 0.1) is 12.7 Å². The first kappa shape index (κ1) is 19.1. The number of guanidine groups is 1. The van der Waals surface area contributed by atoms with Crippen molar-refractivity contribution in [1.29, 1.82) is 0 Å². The molecule has 1 aromatic rings. The van der Waals surface area contributed by atoms with E-state index in [-0.39, 0.29) is 23.9 Å². The van der Waals surface area contributed by atoms with E-state index in [0.29, 0.717) is 19.8 Å². The second-order valence-electron chi connectivity index (χ2n) is 6.94. The van der Waals surface area contributed by atoms with E-state index in [1.54, 1.807) is 6.07 Å². The molecule has 3 atom stereocenters. The lowest BCUT2D eigenvalue weighted by Gasteiger charge is -2.12. The Kier molecular flexibility index (Phi) is 7.26. The Balaban J connectivity index is 1.37. The van der Waals surface area contributed by atoms with E-state index in [1.165, 1.54) is 6.07 Å². The molecule has 0 radical (unpaired) electrons. The molecule has 1 saturated heterocycles. The van der Waals surface area contributed by atoms with Gasteiger partial charge in [-0.2, -0.15) is 0 Å². The van der Waals surface area contributed by atoms with Crippen LogP contribution in [0.1, 0.15) is 44.1 Å². The number of benzene rings is 1. The summed E-state index contributed by atoms with van der Waals surface area (Å²) >= 11 is 0. The Morgan fingerprint density at radius 1 is 1.38 bits per heavy atom. The van der Waals surface area contributed by atoms with Gasteiger partial charge in [-0.05, 0) is 44.2 Å². The third kappa shape index (κ3) is 5.68. The van der Waals surface area contributed by atoms with Crippen LogP contribution in [0.15, 0.2) is 29.3 Å². The number of hydrogen-bond acceptors (Lipinski definition) is 3. The minimum Gasteiger partial charge on any atom is -0.379 e. The maximum atomic E-state index is 13.9. The zero-order chi connectivity index (χ0) is 18.2. The van der Waals surface area contributed by atoms with Crippen LogP contribution >= 0.6 is 0 Å². The van der Waals surface area contributed by atoms with Crippen molar-refractivity contribution in [2.75, 3.05) is 32.9 Å². The third-order valence-electron chi connectivity index (χ3n) is 4.81. The van der Waals surface area contributed by atoms with Gasteiger partial charge in [0, 0.05) is 38.3 Å². The fourth-order valence-corrected chi connectivity index (χ4v) is 3.32. The summed E-state index contributed by atoms with van der Waals surface area (Å²) in [5, 5.41) is 6.68. The summed E-state index contributed by atoms with van der Waals surface area (Å²) in [5.74, 6) is 0.914. The number of hydrogen-bond donors (Lipinski definition) is 2. The minimum absolute atomic E-state index is 0.118. The van der Waals surface area contributed by atoms with Gasteiger partial charge in [0.15, 0.2) is 5.96 Å². The summed E-state index contributed by atoms with van der Waals surface area (Å²) in [6.45, 7) is 5.81. The molecule has 144 valence electrons. The number of rotatable bonds is 9. The van der Waals surface area contributed by atoms with Gasteiger partial charge in [0.2, 0.25) is 0 Å². The van der Waals surface area contributed by atoms with Crippen LogP contribution in [-0.2, 0) is 9.47 Å². The molecule has 0 aromatic heterocycles. The van der Waals surface area contributed by atoms with Crippen LogP contribution in [0.5, 0.6) is 0 Å². The molecule has 6 heteroatoms. The van der Waals surface area contributed by atoms with Crippen molar-refractivity contribution in [3.05, 3.63) is 35.6 Å². The van der Waals surface area contributed by atoms with Crippen LogP contribution in [0.2, 0.25) is 0 Å². The lowest BCUT2D eigenvalue weighted by molar-refractivity contribution is 0.0171. The predicted molar refractivity (Wildman–Crippen MR) is 101 cm³/mol. The van der Waals surface area contributed by atoms with Gasteiger partial charge in [-0.1, -0.05) is 18.2 Å². The average Bonchev–Trinajstić information content (AvgIpc) is 3.19. The van der Waals surface area contributed by atoms with Gasteiger partial charge in [0.1, 0.15) is 5.82 Å². The lowest BCUT2D eigenvalue weighted by atomic mass is 10.1. The molecule has 3 unspecified atom stereocenters. The predicted octanol–water partition coefficient (Wildman–Crippen LogP) is 2.82. The highest BCUT2D eigenvalue weighted by molar-refractivity contribution is 5.80. The second-order valence-corrected chi connectivity index (χ2v) is 6.94. The molecule has 1 heterocycles. The van der Waals surface area contributed by atoms with Crippen molar-refractivity contribution in [3.8, 4) is 0 Å². The van der Waals surface area contributed by atoms with Gasteiger partial charge in [-0.3, -0.25) is 4.99 Å². The summed E-state index contributed by atoms with van der Waals surface area (Å²) < 4.78 is 25.1. The molecule has 1 aliphatic heterocycles. The zero-order valence-corrected chi connectivity index (χ0v) is 15.5. The molecular weight excluding hydrogens is 333 g/mol. The number of aliphatic imine (C=N–C) groups is 1. The number of nitrogens with zero attached hydrogens (tertiary/aromatic N) is 1. The first-order chi connectivity index (χ1) is 12.8. The van der Waals surface area contributed by atoms with Crippen LogP contribution in [-0.4, -0.2) is 51.0 Å².